The van der Waals surface area contributed by atoms with Crippen molar-refractivity contribution in [2.45, 2.75) is 30.0 Å². The van der Waals surface area contributed by atoms with Gasteiger partial charge in [-0.05, 0) is 24.6 Å². The normalized spacial score (nSPS) is 17.7. The number of nitrogens with zero attached hydrogens (tertiary/aromatic N) is 3. The van der Waals surface area contributed by atoms with Crippen LogP contribution in [-0.2, 0) is 32.2 Å². The zero-order chi connectivity index (χ0) is 23.7. The van der Waals surface area contributed by atoms with Crippen LogP contribution >= 0.6 is 0 Å². The predicted molar refractivity (Wildman–Crippen MR) is 107 cm³/mol. The number of nitrogens with one attached hydrogen (secondary N) is 1. The summed E-state index contributed by atoms with van der Waals surface area (Å²) in [7, 11) is -2.63. The highest BCUT2D eigenvalue weighted by molar-refractivity contribution is 7.89. The molecule has 0 aliphatic carbocycles. The fourth-order valence-electron chi connectivity index (χ4n) is 3.39. The molecule has 0 spiro atoms. The maximum absolute atomic E-state index is 13.6. The molecule has 0 saturated carbocycles. The third kappa shape index (κ3) is 4.65. The largest absolute Gasteiger partial charge is 0.425 e. The molecule has 0 bridgehead atoms. The smallest absolute Gasteiger partial charge is 0.379 e. The molecule has 1 aromatic heterocycles. The van der Waals surface area contributed by atoms with Crippen LogP contribution < -0.4 is 5.32 Å². The highest BCUT2D eigenvalue weighted by atomic mass is 32.2. The first-order valence-corrected chi connectivity index (χ1v) is 11.1. The fourth-order valence-corrected chi connectivity index (χ4v) is 5.05. The van der Waals surface area contributed by atoms with Crippen molar-refractivity contribution in [2.24, 2.45) is 7.05 Å². The van der Waals surface area contributed by atoms with Crippen molar-refractivity contribution >= 4 is 21.6 Å². The first kappa shape index (κ1) is 24.2. The Morgan fingerprint density at radius 2 is 1.94 bits per heavy atom. The molecule has 1 atom stereocenters. The number of amides is 1. The number of sulfonamides is 1. The number of hydrogen-bond donors (Lipinski definition) is 2. The van der Waals surface area contributed by atoms with Gasteiger partial charge in [0, 0.05) is 38.2 Å². The number of aliphatic hydroxyl groups is 1. The average Bonchev–Trinajstić information content (AvgIpc) is 3.15. The molecule has 1 amide bonds. The number of hydrogen-bond acceptors (Lipinski definition) is 6. The lowest BCUT2D eigenvalue weighted by Gasteiger charge is -2.29. The Labute approximate surface area is 182 Å². The molecule has 2 heterocycles. The second-order valence-corrected chi connectivity index (χ2v) is 9.35. The summed E-state index contributed by atoms with van der Waals surface area (Å²) in [5, 5.41) is 12.6. The van der Waals surface area contributed by atoms with E-state index < -0.39 is 40.0 Å². The number of rotatable bonds is 6. The summed E-state index contributed by atoms with van der Waals surface area (Å²) >= 11 is 0. The van der Waals surface area contributed by atoms with E-state index in [1.165, 1.54) is 35.7 Å². The van der Waals surface area contributed by atoms with Crippen molar-refractivity contribution in [1.82, 2.24) is 13.9 Å². The Balaban J connectivity index is 1.85. The van der Waals surface area contributed by atoms with E-state index in [2.05, 4.69) is 10.3 Å². The van der Waals surface area contributed by atoms with E-state index in [1.807, 2.05) is 0 Å². The molecule has 9 nitrogen and oxygen atoms in total. The van der Waals surface area contributed by atoms with Crippen LogP contribution in [0.15, 0.2) is 35.5 Å². The monoisotopic (exact) mass is 476 g/mol. The number of benzene rings is 1. The van der Waals surface area contributed by atoms with Crippen molar-refractivity contribution in [1.29, 1.82) is 0 Å². The van der Waals surface area contributed by atoms with Crippen LogP contribution in [0.4, 0.5) is 18.9 Å². The Morgan fingerprint density at radius 3 is 2.50 bits per heavy atom. The van der Waals surface area contributed by atoms with Gasteiger partial charge in [0.05, 0.1) is 24.5 Å². The summed E-state index contributed by atoms with van der Waals surface area (Å²) in [5.41, 5.74) is -3.13. The minimum absolute atomic E-state index is 0.0169. The highest BCUT2D eigenvalue weighted by Gasteiger charge is 2.58. The lowest BCUT2D eigenvalue weighted by Crippen LogP contribution is -2.46. The van der Waals surface area contributed by atoms with Crippen LogP contribution in [0.5, 0.6) is 0 Å². The lowest BCUT2D eigenvalue weighted by atomic mass is 9.97. The van der Waals surface area contributed by atoms with Gasteiger partial charge in [0.2, 0.25) is 21.5 Å². The van der Waals surface area contributed by atoms with Crippen LogP contribution in [0.25, 0.3) is 0 Å². The molecular weight excluding hydrogens is 453 g/mol. The summed E-state index contributed by atoms with van der Waals surface area (Å²) in [5.74, 6) is -1.90. The van der Waals surface area contributed by atoms with Crippen LogP contribution in [0, 0.1) is 6.92 Å². The average molecular weight is 476 g/mol. The highest BCUT2D eigenvalue weighted by Crippen LogP contribution is 2.41. The summed E-state index contributed by atoms with van der Waals surface area (Å²) in [6, 6.07) is 4.00. The number of aromatic nitrogens is 2. The molecular formula is C19H23F3N4O5S. The number of anilines is 1. The molecule has 1 aromatic carbocycles. The Bertz CT molecular complexity index is 1100. The second-order valence-electron chi connectivity index (χ2n) is 7.44. The Hall–Kier alpha value is -2.48. The number of alkyl halides is 3. The number of halogens is 3. The van der Waals surface area contributed by atoms with E-state index in [0.29, 0.717) is 5.56 Å². The van der Waals surface area contributed by atoms with Crippen molar-refractivity contribution in [3.05, 3.63) is 42.0 Å². The first-order valence-electron chi connectivity index (χ1n) is 9.61. The number of ether oxygens (including phenoxy) is 1. The van der Waals surface area contributed by atoms with Crippen molar-refractivity contribution in [3.8, 4) is 0 Å². The van der Waals surface area contributed by atoms with E-state index in [1.54, 1.807) is 6.92 Å². The zero-order valence-electron chi connectivity index (χ0n) is 17.4. The van der Waals surface area contributed by atoms with Crippen LogP contribution in [-0.4, -0.2) is 65.8 Å². The molecule has 2 aromatic rings. The van der Waals surface area contributed by atoms with Gasteiger partial charge in [-0.25, -0.2) is 13.4 Å². The molecule has 0 radical (unpaired) electrons. The van der Waals surface area contributed by atoms with Gasteiger partial charge < -0.3 is 19.7 Å². The molecule has 176 valence electrons. The minimum Gasteiger partial charge on any atom is -0.379 e. The number of carbonyl (C=O) groups excluding carboxylic acids is 1. The summed E-state index contributed by atoms with van der Waals surface area (Å²) in [6.07, 6.45) is -4.25. The molecule has 1 saturated heterocycles. The molecule has 13 heteroatoms. The first-order chi connectivity index (χ1) is 14.9. The van der Waals surface area contributed by atoms with Crippen molar-refractivity contribution in [2.75, 3.05) is 31.6 Å². The van der Waals surface area contributed by atoms with E-state index >= 15 is 0 Å². The van der Waals surface area contributed by atoms with Gasteiger partial charge in [-0.15, -0.1) is 0 Å². The Kier molecular flexibility index (Phi) is 6.65. The fraction of sp³-hybridized carbons (Fsp3) is 0.474. The van der Waals surface area contributed by atoms with E-state index in [-0.39, 0.29) is 36.9 Å². The topological polar surface area (TPSA) is 114 Å². The predicted octanol–water partition coefficient (Wildman–Crippen LogP) is 1.53. The van der Waals surface area contributed by atoms with Gasteiger partial charge in [0.1, 0.15) is 0 Å². The summed E-state index contributed by atoms with van der Waals surface area (Å²) in [6.45, 7) is 2.40. The zero-order valence-corrected chi connectivity index (χ0v) is 18.2. The van der Waals surface area contributed by atoms with Crippen LogP contribution in [0.2, 0.25) is 0 Å². The maximum atomic E-state index is 13.6. The standard InChI is InChI=1S/C19H23F3N4O5S/c1-13-3-4-14(11-15(13)32(29,30)26-7-9-31-10-8-26)24-16(27)12-18(28,19(20,21)22)17-23-5-6-25(17)2/h3-6,11,28H,7-10,12H2,1-2H3,(H,24,27). The molecule has 32 heavy (non-hydrogen) atoms. The number of aryl methyl sites for hydroxylation is 2. The van der Waals surface area contributed by atoms with Gasteiger partial charge in [-0.3, -0.25) is 4.79 Å². The minimum atomic E-state index is -5.18. The molecule has 2 N–H and O–H groups in total. The number of carbonyl (C=O) groups is 1. The van der Waals surface area contributed by atoms with E-state index in [4.69, 9.17) is 4.74 Å². The molecule has 1 aliphatic rings. The van der Waals surface area contributed by atoms with Crippen molar-refractivity contribution in [3.63, 3.8) is 0 Å². The van der Waals surface area contributed by atoms with Gasteiger partial charge in [-0.1, -0.05) is 6.07 Å². The van der Waals surface area contributed by atoms with Crippen LogP contribution in [0.3, 0.4) is 0 Å². The molecule has 1 aliphatic heterocycles. The van der Waals surface area contributed by atoms with Gasteiger partial charge in [0.15, 0.2) is 5.82 Å². The SMILES string of the molecule is Cc1ccc(NC(=O)CC(O)(c2nccn2C)C(F)(F)F)cc1S(=O)(=O)N1CCOCC1. The summed E-state index contributed by atoms with van der Waals surface area (Å²) < 4.78 is 74.2. The summed E-state index contributed by atoms with van der Waals surface area (Å²) in [4.78, 5) is 15.9. The molecule has 1 unspecified atom stereocenters. The second kappa shape index (κ2) is 8.81. The van der Waals surface area contributed by atoms with Crippen LogP contribution in [0.1, 0.15) is 17.8 Å². The van der Waals surface area contributed by atoms with Gasteiger partial charge >= 0.3 is 6.18 Å². The molecule has 3 rings (SSSR count). The molecule has 1 fully saturated rings. The Morgan fingerprint density at radius 1 is 1.28 bits per heavy atom. The third-order valence-corrected chi connectivity index (χ3v) is 7.18. The van der Waals surface area contributed by atoms with Crippen molar-refractivity contribution < 1.29 is 36.2 Å². The maximum Gasteiger partial charge on any atom is 0.425 e. The third-order valence-electron chi connectivity index (χ3n) is 5.14. The quantitative estimate of drug-likeness (QED) is 0.654. The number of morpholine rings is 1. The van der Waals surface area contributed by atoms with Gasteiger partial charge in [-0.2, -0.15) is 17.5 Å². The van der Waals surface area contributed by atoms with Gasteiger partial charge in [0.25, 0.3) is 0 Å². The van der Waals surface area contributed by atoms with E-state index in [0.717, 1.165) is 10.8 Å². The number of imidazole rings is 1. The van der Waals surface area contributed by atoms with E-state index in [9.17, 15) is 31.5 Å². The lowest BCUT2D eigenvalue weighted by molar-refractivity contribution is -0.270.